The van der Waals surface area contributed by atoms with Crippen molar-refractivity contribution in [2.75, 3.05) is 6.61 Å². The molecule has 1 rings (SSSR count). The molecular weight excluding hydrogens is 152 g/mol. The second-order valence-electron chi connectivity index (χ2n) is 4.41. The third-order valence-corrected chi connectivity index (χ3v) is 5.09. The third-order valence-electron chi connectivity index (χ3n) is 2.42. The topological polar surface area (TPSA) is 9.23 Å². The lowest BCUT2D eigenvalue weighted by Gasteiger charge is -2.28. The van der Waals surface area contributed by atoms with Gasteiger partial charge in [-0.25, -0.2) is 0 Å². The minimum absolute atomic E-state index is 0.900. The van der Waals surface area contributed by atoms with Gasteiger partial charge in [0.25, 0.3) is 0 Å². The first-order valence-corrected chi connectivity index (χ1v) is 7.86. The molecule has 1 aliphatic heterocycles. The molecule has 0 aliphatic carbocycles. The Labute approximate surface area is 71.3 Å². The zero-order valence-electron chi connectivity index (χ0n) is 8.02. The van der Waals surface area contributed by atoms with E-state index in [-0.39, 0.29) is 0 Å². The Bertz CT molecular complexity index is 123. The zero-order valence-corrected chi connectivity index (χ0v) is 9.02. The van der Waals surface area contributed by atoms with Crippen molar-refractivity contribution in [3.63, 3.8) is 0 Å². The predicted octanol–water partition coefficient (Wildman–Crippen LogP) is 3.03. The summed E-state index contributed by atoms with van der Waals surface area (Å²) in [5, 5.41) is 0. The van der Waals surface area contributed by atoms with Gasteiger partial charge in [-0.15, -0.1) is 0 Å². The highest BCUT2D eigenvalue weighted by Crippen LogP contribution is 2.24. The lowest BCUT2D eigenvalue weighted by molar-refractivity contribution is 0.272. The van der Waals surface area contributed by atoms with Crippen LogP contribution in [0.3, 0.4) is 0 Å². The van der Waals surface area contributed by atoms with E-state index in [1.165, 1.54) is 25.3 Å². The molecule has 0 amide bonds. The molecule has 0 aromatic rings. The van der Waals surface area contributed by atoms with E-state index in [2.05, 4.69) is 20.0 Å². The molecule has 1 saturated heterocycles. The molecule has 0 bridgehead atoms. The van der Waals surface area contributed by atoms with Crippen LogP contribution in [-0.4, -0.2) is 14.9 Å². The summed E-state index contributed by atoms with van der Waals surface area (Å²) < 4.78 is 5.88. The molecular formula is C9H20OSi. The van der Waals surface area contributed by atoms with Crippen LogP contribution >= 0.6 is 0 Å². The highest BCUT2D eigenvalue weighted by atomic mass is 28.4. The lowest BCUT2D eigenvalue weighted by Crippen LogP contribution is -2.34. The van der Waals surface area contributed by atoms with Crippen molar-refractivity contribution in [1.82, 2.24) is 0 Å². The van der Waals surface area contributed by atoms with Crippen molar-refractivity contribution >= 4 is 8.32 Å². The van der Waals surface area contributed by atoms with Gasteiger partial charge in [-0.1, -0.05) is 19.8 Å². The average molecular weight is 172 g/mol. The minimum Gasteiger partial charge on any atom is -0.417 e. The third kappa shape index (κ3) is 3.39. The predicted molar refractivity (Wildman–Crippen MR) is 51.3 cm³/mol. The van der Waals surface area contributed by atoms with Crippen molar-refractivity contribution in [1.29, 1.82) is 0 Å². The first-order chi connectivity index (χ1) is 5.10. The highest BCUT2D eigenvalue weighted by molar-refractivity contribution is 6.71. The molecule has 1 heterocycles. The molecule has 1 aliphatic rings. The molecule has 1 atom stereocenters. The highest BCUT2D eigenvalue weighted by Gasteiger charge is 2.26. The fourth-order valence-corrected chi connectivity index (χ4v) is 4.64. The van der Waals surface area contributed by atoms with Crippen LogP contribution in [-0.2, 0) is 4.43 Å². The fourth-order valence-electron chi connectivity index (χ4n) is 1.94. The average Bonchev–Trinajstić information content (AvgIpc) is 1.82. The molecule has 0 saturated carbocycles. The Balaban J connectivity index is 2.42. The van der Waals surface area contributed by atoms with Gasteiger partial charge < -0.3 is 4.43 Å². The first kappa shape index (κ1) is 9.27. The number of hydrogen-bond acceptors (Lipinski definition) is 1. The zero-order chi connectivity index (χ0) is 8.32. The molecule has 0 N–H and O–H groups in total. The lowest BCUT2D eigenvalue weighted by atomic mass is 10.1. The second-order valence-corrected chi connectivity index (χ2v) is 8.63. The summed E-state index contributed by atoms with van der Waals surface area (Å²) in [6.07, 6.45) is 4.06. The molecule has 66 valence electrons. The fraction of sp³-hybridized carbons (Fsp3) is 1.00. The van der Waals surface area contributed by atoms with E-state index in [0.29, 0.717) is 0 Å². The van der Waals surface area contributed by atoms with E-state index in [1.807, 2.05) is 0 Å². The van der Waals surface area contributed by atoms with Gasteiger partial charge in [-0.2, -0.15) is 0 Å². The Kier molecular flexibility index (Phi) is 3.13. The summed E-state index contributed by atoms with van der Waals surface area (Å²) >= 11 is 0. The van der Waals surface area contributed by atoms with Gasteiger partial charge in [0, 0.05) is 6.61 Å². The molecule has 1 fully saturated rings. The molecule has 0 radical (unpaired) electrons. The molecule has 1 unspecified atom stereocenters. The maximum atomic E-state index is 5.88. The Morgan fingerprint density at radius 3 is 2.73 bits per heavy atom. The van der Waals surface area contributed by atoms with Gasteiger partial charge >= 0.3 is 0 Å². The molecule has 0 spiro atoms. The van der Waals surface area contributed by atoms with Crippen molar-refractivity contribution in [3.8, 4) is 0 Å². The van der Waals surface area contributed by atoms with Gasteiger partial charge in [0.05, 0.1) is 0 Å². The van der Waals surface area contributed by atoms with Crippen molar-refractivity contribution in [2.24, 2.45) is 5.92 Å². The summed E-state index contributed by atoms with van der Waals surface area (Å²) in [6, 6.07) is 1.35. The normalized spacial score (nSPS) is 32.5. The maximum absolute atomic E-state index is 5.88. The van der Waals surface area contributed by atoms with Crippen molar-refractivity contribution in [2.45, 2.75) is 45.3 Å². The van der Waals surface area contributed by atoms with Gasteiger partial charge in [0.2, 0.25) is 0 Å². The Morgan fingerprint density at radius 2 is 2.00 bits per heavy atom. The van der Waals surface area contributed by atoms with Crippen LogP contribution in [0.5, 0.6) is 0 Å². The maximum Gasteiger partial charge on any atom is 0.186 e. The van der Waals surface area contributed by atoms with Crippen LogP contribution in [0.15, 0.2) is 0 Å². The molecule has 2 heteroatoms. The van der Waals surface area contributed by atoms with E-state index in [1.54, 1.807) is 0 Å². The Hall–Kier alpha value is 0.177. The van der Waals surface area contributed by atoms with E-state index in [9.17, 15) is 0 Å². The smallest absolute Gasteiger partial charge is 0.186 e. The largest absolute Gasteiger partial charge is 0.417 e. The van der Waals surface area contributed by atoms with Crippen LogP contribution in [0.25, 0.3) is 0 Å². The molecule has 0 aromatic carbocycles. The van der Waals surface area contributed by atoms with Crippen LogP contribution in [0, 0.1) is 5.92 Å². The summed E-state index contributed by atoms with van der Waals surface area (Å²) in [5.74, 6) is 0.900. The van der Waals surface area contributed by atoms with Gasteiger partial charge in [-0.3, -0.25) is 0 Å². The van der Waals surface area contributed by atoms with E-state index in [4.69, 9.17) is 4.43 Å². The first-order valence-electron chi connectivity index (χ1n) is 4.74. The molecule has 1 nitrogen and oxygen atoms in total. The van der Waals surface area contributed by atoms with E-state index in [0.717, 1.165) is 12.5 Å². The molecule has 0 aromatic heterocycles. The van der Waals surface area contributed by atoms with E-state index < -0.39 is 8.32 Å². The monoisotopic (exact) mass is 172 g/mol. The van der Waals surface area contributed by atoms with Crippen molar-refractivity contribution < 1.29 is 4.43 Å². The number of rotatable bonds is 0. The summed E-state index contributed by atoms with van der Waals surface area (Å²) in [5.41, 5.74) is 0. The van der Waals surface area contributed by atoms with Gasteiger partial charge in [0.1, 0.15) is 0 Å². The molecule has 11 heavy (non-hydrogen) atoms. The van der Waals surface area contributed by atoms with Crippen LogP contribution in [0.2, 0.25) is 19.1 Å². The van der Waals surface area contributed by atoms with Crippen LogP contribution in [0.1, 0.15) is 26.2 Å². The van der Waals surface area contributed by atoms with Crippen LogP contribution < -0.4 is 0 Å². The minimum atomic E-state index is -1.24. The number of hydrogen-bond donors (Lipinski definition) is 0. The van der Waals surface area contributed by atoms with E-state index >= 15 is 0 Å². The summed E-state index contributed by atoms with van der Waals surface area (Å²) in [4.78, 5) is 0. The van der Waals surface area contributed by atoms with Crippen LogP contribution in [0.4, 0.5) is 0 Å². The van der Waals surface area contributed by atoms with Crippen molar-refractivity contribution in [3.05, 3.63) is 0 Å². The summed E-state index contributed by atoms with van der Waals surface area (Å²) in [6.45, 7) is 8.07. The summed E-state index contributed by atoms with van der Waals surface area (Å²) in [7, 11) is -1.24. The second kappa shape index (κ2) is 3.72. The Morgan fingerprint density at radius 1 is 1.27 bits per heavy atom. The quantitative estimate of drug-likeness (QED) is 0.510. The van der Waals surface area contributed by atoms with Gasteiger partial charge in [0.15, 0.2) is 8.32 Å². The SMILES string of the molecule is CC1CCCCO[Si](C)(C)C1. The van der Waals surface area contributed by atoms with Gasteiger partial charge in [-0.05, 0) is 31.5 Å². The standard InChI is InChI=1S/C9H20OSi/c1-9-6-4-5-7-10-11(2,3)8-9/h9H,4-8H2,1-3H3.